The summed E-state index contributed by atoms with van der Waals surface area (Å²) in [6.07, 6.45) is 5.32. The largest absolute Gasteiger partial charge is 0.488 e. The number of rotatable bonds is 4. The highest BCUT2D eigenvalue weighted by Gasteiger charge is 2.11. The maximum absolute atomic E-state index is 11.8. The molecule has 0 radical (unpaired) electrons. The number of hydrogen-bond acceptors (Lipinski definition) is 2. The lowest BCUT2D eigenvalue weighted by Gasteiger charge is -2.17. The molecule has 1 aliphatic rings. The molecule has 1 N–H and O–H groups in total. The molecule has 3 nitrogen and oxygen atoms in total. The minimum absolute atomic E-state index is 0.0889. The van der Waals surface area contributed by atoms with Crippen LogP contribution in [-0.4, -0.2) is 18.6 Å². The number of hydrogen-bond donors (Lipinski definition) is 1. The highest BCUT2D eigenvalue weighted by Crippen LogP contribution is 2.29. The molecule has 1 aromatic rings. The van der Waals surface area contributed by atoms with Gasteiger partial charge in [-0.1, -0.05) is 31.5 Å². The van der Waals surface area contributed by atoms with Crippen LogP contribution >= 0.6 is 11.6 Å². The van der Waals surface area contributed by atoms with Crippen LogP contribution in [0.1, 0.15) is 26.3 Å². The molecule has 0 saturated carbocycles. The standard InChI is InChI=1S/C17H20ClNO2/c1-11(2)12(3)19-17(20)7-4-13-8-14-9-15(18)5-6-16(14)21-10-13/h4-9,11-12H,10H2,1-3H3,(H,19,20)/b7-4+. The van der Waals surface area contributed by atoms with E-state index < -0.39 is 0 Å². The zero-order valence-corrected chi connectivity index (χ0v) is 13.3. The second-order valence-corrected chi connectivity index (χ2v) is 6.00. The van der Waals surface area contributed by atoms with Gasteiger partial charge < -0.3 is 10.1 Å². The van der Waals surface area contributed by atoms with Crippen LogP contribution in [0.4, 0.5) is 0 Å². The Labute approximate surface area is 130 Å². The van der Waals surface area contributed by atoms with Crippen molar-refractivity contribution < 1.29 is 9.53 Å². The van der Waals surface area contributed by atoms with Crippen molar-refractivity contribution in [3.8, 4) is 5.75 Å². The summed E-state index contributed by atoms with van der Waals surface area (Å²) in [5.41, 5.74) is 1.88. The lowest BCUT2D eigenvalue weighted by atomic mass is 10.1. The first-order chi connectivity index (χ1) is 9.95. The summed E-state index contributed by atoms with van der Waals surface area (Å²) in [6.45, 7) is 6.61. The molecule has 1 heterocycles. The van der Waals surface area contributed by atoms with Gasteiger partial charge in [0.15, 0.2) is 0 Å². The van der Waals surface area contributed by atoms with Crippen LogP contribution in [0.15, 0.2) is 35.9 Å². The highest BCUT2D eigenvalue weighted by molar-refractivity contribution is 6.30. The molecule has 1 unspecified atom stereocenters. The van der Waals surface area contributed by atoms with E-state index in [0.29, 0.717) is 17.5 Å². The normalized spacial score (nSPS) is 15.4. The van der Waals surface area contributed by atoms with Gasteiger partial charge in [-0.3, -0.25) is 4.79 Å². The van der Waals surface area contributed by atoms with Crippen LogP contribution in [0.5, 0.6) is 5.75 Å². The fourth-order valence-corrected chi connectivity index (χ4v) is 2.06. The number of benzene rings is 1. The summed E-state index contributed by atoms with van der Waals surface area (Å²) in [7, 11) is 0. The number of nitrogens with one attached hydrogen (secondary N) is 1. The first kappa shape index (κ1) is 15.6. The van der Waals surface area contributed by atoms with E-state index in [0.717, 1.165) is 16.9 Å². The van der Waals surface area contributed by atoms with Gasteiger partial charge in [0.05, 0.1) is 0 Å². The molecule has 0 aromatic heterocycles. The van der Waals surface area contributed by atoms with E-state index in [4.69, 9.17) is 16.3 Å². The van der Waals surface area contributed by atoms with Crippen molar-refractivity contribution in [3.05, 3.63) is 46.5 Å². The van der Waals surface area contributed by atoms with E-state index in [1.54, 1.807) is 18.2 Å². The van der Waals surface area contributed by atoms with E-state index >= 15 is 0 Å². The monoisotopic (exact) mass is 305 g/mol. The Bertz CT molecular complexity index is 590. The number of halogens is 1. The average molecular weight is 306 g/mol. The topological polar surface area (TPSA) is 38.3 Å². The van der Waals surface area contributed by atoms with Crippen molar-refractivity contribution in [1.29, 1.82) is 0 Å². The Morgan fingerprint density at radius 3 is 2.86 bits per heavy atom. The maximum Gasteiger partial charge on any atom is 0.244 e. The predicted molar refractivity (Wildman–Crippen MR) is 86.5 cm³/mol. The van der Waals surface area contributed by atoms with Crippen LogP contribution in [0, 0.1) is 5.92 Å². The summed E-state index contributed by atoms with van der Waals surface area (Å²) in [5.74, 6) is 1.14. The number of carbonyl (C=O) groups excluding carboxylic acids is 1. The third kappa shape index (κ3) is 4.36. The first-order valence-corrected chi connectivity index (χ1v) is 7.45. The Kier molecular flexibility index (Phi) is 5.07. The molecule has 21 heavy (non-hydrogen) atoms. The smallest absolute Gasteiger partial charge is 0.244 e. The van der Waals surface area contributed by atoms with Gasteiger partial charge in [0.25, 0.3) is 0 Å². The Morgan fingerprint density at radius 2 is 2.14 bits per heavy atom. The third-order valence-electron chi connectivity index (χ3n) is 3.53. The van der Waals surface area contributed by atoms with Crippen molar-refractivity contribution >= 4 is 23.6 Å². The van der Waals surface area contributed by atoms with Gasteiger partial charge in [0.2, 0.25) is 5.91 Å². The molecule has 112 valence electrons. The molecule has 0 spiro atoms. The molecular weight excluding hydrogens is 286 g/mol. The van der Waals surface area contributed by atoms with Crippen LogP contribution in [0.2, 0.25) is 5.02 Å². The molecule has 1 atom stereocenters. The quantitative estimate of drug-likeness (QED) is 0.859. The second-order valence-electron chi connectivity index (χ2n) is 5.56. The molecule has 1 amide bonds. The Hall–Kier alpha value is -1.74. The molecule has 0 bridgehead atoms. The highest BCUT2D eigenvalue weighted by atomic mass is 35.5. The van der Waals surface area contributed by atoms with Gasteiger partial charge in [-0.05, 0) is 42.7 Å². The molecule has 1 aromatic carbocycles. The molecule has 0 saturated heterocycles. The number of carbonyl (C=O) groups is 1. The minimum Gasteiger partial charge on any atom is -0.488 e. The van der Waals surface area contributed by atoms with Crippen LogP contribution in [0.3, 0.4) is 0 Å². The third-order valence-corrected chi connectivity index (χ3v) is 3.76. The fourth-order valence-electron chi connectivity index (χ4n) is 1.88. The van der Waals surface area contributed by atoms with Crippen molar-refractivity contribution in [3.63, 3.8) is 0 Å². The SMILES string of the molecule is CC(C)C(C)NC(=O)/C=C/C1=Cc2cc(Cl)ccc2OC1. The molecule has 2 rings (SSSR count). The van der Waals surface area contributed by atoms with E-state index in [9.17, 15) is 4.79 Å². The number of ether oxygens (including phenoxy) is 1. The summed E-state index contributed by atoms with van der Waals surface area (Å²) in [6, 6.07) is 5.66. The number of amides is 1. The number of fused-ring (bicyclic) bond motifs is 1. The molecule has 1 aliphatic heterocycles. The molecule has 0 aliphatic carbocycles. The van der Waals surface area contributed by atoms with Gasteiger partial charge in [0, 0.05) is 22.7 Å². The molecule has 4 heteroatoms. The lowest BCUT2D eigenvalue weighted by Crippen LogP contribution is -2.34. The minimum atomic E-state index is -0.0889. The van der Waals surface area contributed by atoms with Crippen LogP contribution in [0.25, 0.3) is 6.08 Å². The van der Waals surface area contributed by atoms with Crippen molar-refractivity contribution in [2.24, 2.45) is 5.92 Å². The van der Waals surface area contributed by atoms with Crippen LogP contribution < -0.4 is 10.1 Å². The van der Waals surface area contributed by atoms with Crippen LogP contribution in [-0.2, 0) is 4.79 Å². The molecular formula is C17H20ClNO2. The second kappa shape index (κ2) is 6.81. The predicted octanol–water partition coefficient (Wildman–Crippen LogP) is 3.83. The average Bonchev–Trinajstić information content (AvgIpc) is 2.44. The van der Waals surface area contributed by atoms with Crippen molar-refractivity contribution in [2.45, 2.75) is 26.8 Å². The zero-order chi connectivity index (χ0) is 15.4. The first-order valence-electron chi connectivity index (χ1n) is 7.07. The van der Waals surface area contributed by atoms with E-state index in [2.05, 4.69) is 19.2 Å². The lowest BCUT2D eigenvalue weighted by molar-refractivity contribution is -0.117. The summed E-state index contributed by atoms with van der Waals surface area (Å²) in [4.78, 5) is 11.8. The van der Waals surface area contributed by atoms with Gasteiger partial charge in [-0.15, -0.1) is 0 Å². The Morgan fingerprint density at radius 1 is 1.38 bits per heavy atom. The summed E-state index contributed by atoms with van der Waals surface area (Å²) >= 11 is 5.97. The van der Waals surface area contributed by atoms with Crippen molar-refractivity contribution in [1.82, 2.24) is 5.32 Å². The van der Waals surface area contributed by atoms with Gasteiger partial charge in [0.1, 0.15) is 12.4 Å². The fraction of sp³-hybridized carbons (Fsp3) is 0.353. The van der Waals surface area contributed by atoms with E-state index in [1.165, 1.54) is 0 Å². The van der Waals surface area contributed by atoms with E-state index in [-0.39, 0.29) is 11.9 Å². The summed E-state index contributed by atoms with van der Waals surface area (Å²) < 4.78 is 5.63. The van der Waals surface area contributed by atoms with Crippen molar-refractivity contribution in [2.75, 3.05) is 6.61 Å². The maximum atomic E-state index is 11.8. The zero-order valence-electron chi connectivity index (χ0n) is 12.5. The Balaban J connectivity index is 2.03. The van der Waals surface area contributed by atoms with Gasteiger partial charge >= 0.3 is 0 Å². The van der Waals surface area contributed by atoms with Gasteiger partial charge in [-0.25, -0.2) is 0 Å². The summed E-state index contributed by atoms with van der Waals surface area (Å²) in [5, 5.41) is 3.60. The molecule has 0 fully saturated rings. The van der Waals surface area contributed by atoms with E-state index in [1.807, 2.05) is 25.1 Å². The van der Waals surface area contributed by atoms with Gasteiger partial charge in [-0.2, -0.15) is 0 Å².